The van der Waals surface area contributed by atoms with Gasteiger partial charge in [-0.3, -0.25) is 10.2 Å². The highest BCUT2D eigenvalue weighted by Gasteiger charge is 2.02. The van der Waals surface area contributed by atoms with Crippen molar-refractivity contribution in [3.05, 3.63) is 0 Å². The van der Waals surface area contributed by atoms with Gasteiger partial charge in [0, 0.05) is 20.1 Å². The zero-order valence-electron chi connectivity index (χ0n) is 10.5. The van der Waals surface area contributed by atoms with E-state index in [1.807, 2.05) is 0 Å². The molecule has 0 saturated heterocycles. The van der Waals surface area contributed by atoms with E-state index in [1.54, 1.807) is 7.11 Å². The first-order valence-electron chi connectivity index (χ1n) is 5.95. The van der Waals surface area contributed by atoms with Crippen molar-refractivity contribution in [1.82, 2.24) is 10.3 Å². The largest absolute Gasteiger partial charge is 0.383 e. The van der Waals surface area contributed by atoms with Crippen molar-refractivity contribution in [1.29, 1.82) is 0 Å². The first kappa shape index (κ1) is 15.3. The van der Waals surface area contributed by atoms with E-state index >= 15 is 0 Å². The third-order valence-corrected chi connectivity index (χ3v) is 2.60. The number of rotatable bonds is 10. The molecule has 96 valence electrons. The highest BCUT2D eigenvalue weighted by molar-refractivity contribution is 5.74. The lowest BCUT2D eigenvalue weighted by Crippen LogP contribution is -2.30. The Morgan fingerprint density at radius 1 is 1.31 bits per heavy atom. The number of carbonyl (C=O) groups is 1. The summed E-state index contributed by atoms with van der Waals surface area (Å²) in [7, 11) is 1.72. The molecular formula is C11H25N3O2. The normalized spacial score (nSPS) is 10.8. The molecule has 0 radical (unpaired) electrons. The van der Waals surface area contributed by atoms with Crippen LogP contribution in [0.5, 0.6) is 0 Å². The summed E-state index contributed by atoms with van der Waals surface area (Å²) >= 11 is 0. The molecule has 0 fully saturated rings. The van der Waals surface area contributed by atoms with Gasteiger partial charge in [-0.1, -0.05) is 13.3 Å². The molecule has 5 heteroatoms. The molecule has 0 aliphatic carbocycles. The van der Waals surface area contributed by atoms with Crippen LogP contribution in [0.1, 0.15) is 32.6 Å². The fourth-order valence-corrected chi connectivity index (χ4v) is 1.52. The van der Waals surface area contributed by atoms with Gasteiger partial charge in [0.25, 0.3) is 0 Å². The summed E-state index contributed by atoms with van der Waals surface area (Å²) in [5.41, 5.74) is 2.14. The van der Waals surface area contributed by atoms with Crippen LogP contribution < -0.4 is 11.3 Å². The van der Waals surface area contributed by atoms with Crippen LogP contribution in [0.25, 0.3) is 0 Å². The van der Waals surface area contributed by atoms with Crippen LogP contribution in [0, 0.1) is 0 Å². The number of methoxy groups -OCH3 is 1. The monoisotopic (exact) mass is 231 g/mol. The Labute approximate surface area is 98.3 Å². The maximum Gasteiger partial charge on any atom is 0.233 e. The van der Waals surface area contributed by atoms with E-state index < -0.39 is 0 Å². The predicted octanol–water partition coefficient (Wildman–Crippen LogP) is 0.505. The lowest BCUT2D eigenvalue weighted by molar-refractivity contribution is -0.121. The maximum absolute atomic E-state index is 10.8. The smallest absolute Gasteiger partial charge is 0.233 e. The SMILES string of the molecule is CCN(CCCCCC(=O)NN)CCOC. The van der Waals surface area contributed by atoms with E-state index in [1.165, 1.54) is 0 Å². The summed E-state index contributed by atoms with van der Waals surface area (Å²) in [6, 6.07) is 0. The summed E-state index contributed by atoms with van der Waals surface area (Å²) in [6.45, 7) is 6.04. The third-order valence-electron chi connectivity index (χ3n) is 2.60. The second kappa shape index (κ2) is 10.9. The molecule has 0 heterocycles. The number of carbonyl (C=O) groups excluding carboxylic acids is 1. The van der Waals surface area contributed by atoms with Crippen molar-refractivity contribution < 1.29 is 9.53 Å². The van der Waals surface area contributed by atoms with E-state index in [-0.39, 0.29) is 5.91 Å². The Kier molecular flexibility index (Phi) is 10.4. The maximum atomic E-state index is 10.8. The molecule has 5 nitrogen and oxygen atoms in total. The summed E-state index contributed by atoms with van der Waals surface area (Å²) in [5, 5.41) is 0. The van der Waals surface area contributed by atoms with Gasteiger partial charge in [-0.15, -0.1) is 0 Å². The second-order valence-corrected chi connectivity index (χ2v) is 3.81. The number of ether oxygens (including phenoxy) is 1. The minimum atomic E-state index is -0.0771. The van der Waals surface area contributed by atoms with Gasteiger partial charge in [-0.05, 0) is 25.9 Å². The molecular weight excluding hydrogens is 206 g/mol. The number of hydrogen-bond donors (Lipinski definition) is 2. The van der Waals surface area contributed by atoms with Crippen LogP contribution in [0.4, 0.5) is 0 Å². The van der Waals surface area contributed by atoms with Crippen LogP contribution >= 0.6 is 0 Å². The third kappa shape index (κ3) is 8.64. The van der Waals surface area contributed by atoms with Crippen molar-refractivity contribution in [2.75, 3.05) is 33.4 Å². The van der Waals surface area contributed by atoms with Crippen LogP contribution in [0.2, 0.25) is 0 Å². The molecule has 0 aromatic rings. The number of hydrazine groups is 1. The van der Waals surface area contributed by atoms with Crippen LogP contribution in [0.3, 0.4) is 0 Å². The molecule has 0 saturated carbocycles. The van der Waals surface area contributed by atoms with Gasteiger partial charge in [-0.2, -0.15) is 0 Å². The fraction of sp³-hybridized carbons (Fsp3) is 0.909. The number of hydrogen-bond acceptors (Lipinski definition) is 4. The Bertz CT molecular complexity index is 177. The Morgan fingerprint density at radius 2 is 2.06 bits per heavy atom. The molecule has 16 heavy (non-hydrogen) atoms. The number of unbranched alkanes of at least 4 members (excludes halogenated alkanes) is 2. The molecule has 0 atom stereocenters. The zero-order chi connectivity index (χ0) is 12.2. The summed E-state index contributed by atoms with van der Waals surface area (Å²) in [6.07, 6.45) is 3.62. The van der Waals surface area contributed by atoms with Gasteiger partial charge in [0.15, 0.2) is 0 Å². The standard InChI is InChI=1S/C11H25N3O2/c1-3-14(9-10-16-2)8-6-4-5-7-11(15)13-12/h3-10,12H2,1-2H3,(H,13,15). The molecule has 1 amide bonds. The average Bonchev–Trinajstić information content (AvgIpc) is 2.32. The van der Waals surface area contributed by atoms with Crippen LogP contribution in [-0.2, 0) is 9.53 Å². The summed E-state index contributed by atoms with van der Waals surface area (Å²) in [4.78, 5) is 13.2. The number of nitrogens with zero attached hydrogens (tertiary/aromatic N) is 1. The van der Waals surface area contributed by atoms with E-state index in [4.69, 9.17) is 10.6 Å². The van der Waals surface area contributed by atoms with E-state index in [0.717, 1.165) is 45.5 Å². The van der Waals surface area contributed by atoms with Gasteiger partial charge in [-0.25, -0.2) is 5.84 Å². The summed E-state index contributed by atoms with van der Waals surface area (Å²) < 4.78 is 5.04. The van der Waals surface area contributed by atoms with Crippen LogP contribution in [0.15, 0.2) is 0 Å². The Hall–Kier alpha value is -0.650. The first-order chi connectivity index (χ1) is 7.74. The number of nitrogens with two attached hydrogens (primary N) is 1. The van der Waals surface area contributed by atoms with Crippen molar-refractivity contribution in [2.45, 2.75) is 32.6 Å². The van der Waals surface area contributed by atoms with E-state index in [2.05, 4.69) is 17.2 Å². The number of amides is 1. The van der Waals surface area contributed by atoms with Gasteiger partial charge in [0.2, 0.25) is 5.91 Å². The van der Waals surface area contributed by atoms with Gasteiger partial charge in [0.05, 0.1) is 6.61 Å². The molecule has 3 N–H and O–H groups in total. The molecule has 0 aliphatic heterocycles. The lowest BCUT2D eigenvalue weighted by atomic mass is 10.2. The van der Waals surface area contributed by atoms with Crippen LogP contribution in [-0.4, -0.2) is 44.2 Å². The molecule has 0 unspecified atom stereocenters. The van der Waals surface area contributed by atoms with Gasteiger partial charge in [0.1, 0.15) is 0 Å². The van der Waals surface area contributed by atoms with Crippen molar-refractivity contribution >= 4 is 5.91 Å². The minimum Gasteiger partial charge on any atom is -0.383 e. The molecule has 0 aromatic heterocycles. The Balaban J connectivity index is 3.37. The number of likely N-dealkylation sites (N-methyl/N-ethyl adjacent to an activating group) is 1. The molecule has 0 spiro atoms. The van der Waals surface area contributed by atoms with Crippen molar-refractivity contribution in [3.63, 3.8) is 0 Å². The molecule has 0 aliphatic rings. The molecule has 0 bridgehead atoms. The lowest BCUT2D eigenvalue weighted by Gasteiger charge is -2.19. The quantitative estimate of drug-likeness (QED) is 0.249. The first-order valence-corrected chi connectivity index (χ1v) is 5.95. The average molecular weight is 231 g/mol. The highest BCUT2D eigenvalue weighted by atomic mass is 16.5. The fourth-order valence-electron chi connectivity index (χ4n) is 1.52. The van der Waals surface area contributed by atoms with Gasteiger partial charge >= 0.3 is 0 Å². The second-order valence-electron chi connectivity index (χ2n) is 3.81. The minimum absolute atomic E-state index is 0.0771. The van der Waals surface area contributed by atoms with Crippen molar-refractivity contribution in [2.24, 2.45) is 5.84 Å². The van der Waals surface area contributed by atoms with Crippen molar-refractivity contribution in [3.8, 4) is 0 Å². The topological polar surface area (TPSA) is 67.6 Å². The van der Waals surface area contributed by atoms with E-state index in [0.29, 0.717) is 6.42 Å². The zero-order valence-corrected chi connectivity index (χ0v) is 10.5. The van der Waals surface area contributed by atoms with Gasteiger partial charge < -0.3 is 9.64 Å². The molecule has 0 aromatic carbocycles. The summed E-state index contributed by atoms with van der Waals surface area (Å²) in [5.74, 6) is 4.91. The number of nitrogens with one attached hydrogen (secondary N) is 1. The molecule has 0 rings (SSSR count). The Morgan fingerprint density at radius 3 is 2.62 bits per heavy atom. The van der Waals surface area contributed by atoms with E-state index in [9.17, 15) is 4.79 Å². The highest BCUT2D eigenvalue weighted by Crippen LogP contribution is 2.01. The predicted molar refractivity (Wildman–Crippen MR) is 64.8 cm³/mol.